The van der Waals surface area contributed by atoms with Crippen LogP contribution >= 0.6 is 20.2 Å². The van der Waals surface area contributed by atoms with Gasteiger partial charge in [-0.3, -0.25) is 0 Å². The molecule has 144 valence electrons. The molecule has 0 spiro atoms. The van der Waals surface area contributed by atoms with Crippen molar-refractivity contribution in [2.24, 2.45) is 0 Å². The Hall–Kier alpha value is -1.38. The van der Waals surface area contributed by atoms with E-state index in [2.05, 4.69) is 0 Å². The number of carbonyl (C=O) groups excluding carboxylic acids is 2. The Labute approximate surface area is 169 Å². The van der Waals surface area contributed by atoms with Gasteiger partial charge in [0.2, 0.25) is 0 Å². The number of carbonyl (C=O) groups is 2. The van der Waals surface area contributed by atoms with Gasteiger partial charge in [0, 0.05) is 0 Å². The van der Waals surface area contributed by atoms with Gasteiger partial charge in [0.25, 0.3) is 0 Å². The molecule has 0 bridgehead atoms. The molecule has 2 aromatic rings. The fraction of sp³-hybridized carbons (Fsp3) is 0.300. The van der Waals surface area contributed by atoms with Crippen molar-refractivity contribution in [3.05, 3.63) is 60.7 Å². The normalized spacial score (nSPS) is 11.5. The van der Waals surface area contributed by atoms with Gasteiger partial charge in [0.15, 0.2) is 0 Å². The summed E-state index contributed by atoms with van der Waals surface area (Å²) < 4.78 is 12.8. The van der Waals surface area contributed by atoms with E-state index in [1.807, 2.05) is 88.4 Å². The molecule has 0 atom stereocenters. The predicted octanol–water partition coefficient (Wildman–Crippen LogP) is 4.80. The molecule has 2 aromatic carbocycles. The van der Waals surface area contributed by atoms with Crippen LogP contribution in [0.15, 0.2) is 60.7 Å². The molecule has 0 fully saturated rings. The third-order valence-corrected chi connectivity index (χ3v) is 22.3. The number of rotatable bonds is 6. The molecule has 0 aliphatic rings. The van der Waals surface area contributed by atoms with E-state index in [-0.39, 0.29) is 22.8 Å². The zero-order chi connectivity index (χ0) is 19.9. The monoisotopic (exact) mass is 466 g/mol. The minimum absolute atomic E-state index is 0.218. The van der Waals surface area contributed by atoms with Crippen molar-refractivity contribution in [3.8, 4) is 0 Å². The first-order valence-electron chi connectivity index (χ1n) is 8.74. The Bertz CT molecular complexity index is 686. The van der Waals surface area contributed by atoms with Crippen LogP contribution in [-0.4, -0.2) is 33.8 Å². The van der Waals surface area contributed by atoms with Crippen LogP contribution < -0.4 is 8.79 Å². The molecule has 0 amide bonds. The van der Waals surface area contributed by atoms with Crippen molar-refractivity contribution in [1.82, 2.24) is 0 Å². The molecule has 0 aliphatic heterocycles. The first kappa shape index (κ1) is 21.9. The van der Waals surface area contributed by atoms with Crippen molar-refractivity contribution in [1.29, 1.82) is 0 Å². The van der Waals surface area contributed by atoms with Crippen LogP contribution in [0.3, 0.4) is 0 Å². The van der Waals surface area contributed by atoms with Gasteiger partial charge in [-0.15, -0.1) is 0 Å². The van der Waals surface area contributed by atoms with Crippen molar-refractivity contribution >= 4 is 50.6 Å². The second-order valence-electron chi connectivity index (χ2n) is 6.39. The molecule has 0 aliphatic carbocycles. The zero-order valence-electron chi connectivity index (χ0n) is 15.9. The summed E-state index contributed by atoms with van der Waals surface area (Å²) in [5.41, 5.74) is 0. The SMILES string of the molecule is CC(C)OC(=O)[S][Ge]([S]C(=O)OC(C)C)([c]1ccccc1)[c]1ccccc1. The summed E-state index contributed by atoms with van der Waals surface area (Å²) in [7, 11) is -1.25. The Morgan fingerprint density at radius 3 is 1.33 bits per heavy atom. The number of ether oxygens (including phenoxy) is 2. The quantitative estimate of drug-likeness (QED) is 0.452. The van der Waals surface area contributed by atoms with Gasteiger partial charge < -0.3 is 0 Å². The number of hydrogen-bond donors (Lipinski definition) is 0. The predicted molar refractivity (Wildman–Crippen MR) is 116 cm³/mol. The maximum absolute atomic E-state index is 12.6. The summed E-state index contributed by atoms with van der Waals surface area (Å²) in [4.78, 5) is 25.3. The summed E-state index contributed by atoms with van der Waals surface area (Å²) in [6, 6.07) is 19.5. The molecule has 2 rings (SSSR count). The first-order valence-corrected chi connectivity index (χ1v) is 17.6. The van der Waals surface area contributed by atoms with E-state index >= 15 is 0 Å². The van der Waals surface area contributed by atoms with Gasteiger partial charge >= 0.3 is 170 Å². The average Bonchev–Trinajstić information content (AvgIpc) is 2.61. The Balaban J connectivity index is 2.54. The molecule has 0 saturated heterocycles. The molecule has 27 heavy (non-hydrogen) atoms. The summed E-state index contributed by atoms with van der Waals surface area (Å²) in [5.74, 6) is 0. The van der Waals surface area contributed by atoms with E-state index in [9.17, 15) is 9.59 Å². The van der Waals surface area contributed by atoms with Crippen LogP contribution in [-0.2, 0) is 9.47 Å². The van der Waals surface area contributed by atoms with Crippen molar-refractivity contribution in [3.63, 3.8) is 0 Å². The third kappa shape index (κ3) is 6.33. The fourth-order valence-electron chi connectivity index (χ4n) is 2.41. The maximum atomic E-state index is 12.6. The van der Waals surface area contributed by atoms with Gasteiger partial charge in [0.05, 0.1) is 0 Å². The molecule has 0 heterocycles. The molecule has 7 heteroatoms. The first-order chi connectivity index (χ1) is 12.8. The molecule has 0 radical (unpaired) electrons. The van der Waals surface area contributed by atoms with Crippen LogP contribution in [0.1, 0.15) is 27.7 Å². The number of hydrogen-bond acceptors (Lipinski definition) is 6. The summed E-state index contributed by atoms with van der Waals surface area (Å²) in [6.45, 7) is 7.27. The summed E-state index contributed by atoms with van der Waals surface area (Å²) in [6.07, 6.45) is -0.437. The molecule has 4 nitrogen and oxygen atoms in total. The van der Waals surface area contributed by atoms with Crippen LogP contribution in [0.5, 0.6) is 0 Å². The van der Waals surface area contributed by atoms with Crippen LogP contribution in [0.4, 0.5) is 9.59 Å². The Morgan fingerprint density at radius 2 is 1.04 bits per heavy atom. The fourth-order valence-corrected chi connectivity index (χ4v) is 19.6. The van der Waals surface area contributed by atoms with E-state index in [1.165, 1.54) is 20.2 Å². The van der Waals surface area contributed by atoms with Crippen molar-refractivity contribution < 1.29 is 19.1 Å². The van der Waals surface area contributed by atoms with Crippen LogP contribution in [0, 0.1) is 0 Å². The van der Waals surface area contributed by atoms with Crippen molar-refractivity contribution in [2.75, 3.05) is 0 Å². The second kappa shape index (κ2) is 10.2. The standard InChI is InChI=1S/C20H24GeO4S2/c1-15(2)24-19(22)26-21(17-11-7-5-8-12-17,18-13-9-6-10-14-18)27-20(23)25-16(3)4/h5-16H,1-4H3. The summed E-state index contributed by atoms with van der Waals surface area (Å²) >= 11 is 0. The van der Waals surface area contributed by atoms with Crippen LogP contribution in [0.2, 0.25) is 0 Å². The molecule has 0 saturated carbocycles. The molecular weight excluding hydrogens is 441 g/mol. The number of benzene rings is 2. The van der Waals surface area contributed by atoms with E-state index in [1.54, 1.807) is 0 Å². The average molecular weight is 465 g/mol. The van der Waals surface area contributed by atoms with E-state index in [4.69, 9.17) is 9.47 Å². The second-order valence-corrected chi connectivity index (χ2v) is 22.7. The Kier molecular flexibility index (Phi) is 8.32. The van der Waals surface area contributed by atoms with E-state index < -0.39 is 11.0 Å². The topological polar surface area (TPSA) is 52.6 Å². The van der Waals surface area contributed by atoms with Gasteiger partial charge in [-0.05, 0) is 0 Å². The van der Waals surface area contributed by atoms with E-state index in [0.717, 1.165) is 8.79 Å². The zero-order valence-corrected chi connectivity index (χ0v) is 19.6. The Morgan fingerprint density at radius 1 is 0.704 bits per heavy atom. The molecule has 0 aromatic heterocycles. The van der Waals surface area contributed by atoms with Gasteiger partial charge in [-0.1, -0.05) is 0 Å². The minimum atomic E-state index is -3.59. The third-order valence-electron chi connectivity index (χ3n) is 3.43. The molecular formula is C20H24GeO4S2. The van der Waals surface area contributed by atoms with E-state index in [0.29, 0.717) is 0 Å². The summed E-state index contributed by atoms with van der Waals surface area (Å²) in [5, 5.41) is -0.717. The van der Waals surface area contributed by atoms with Gasteiger partial charge in [0.1, 0.15) is 0 Å². The van der Waals surface area contributed by atoms with Gasteiger partial charge in [-0.25, -0.2) is 0 Å². The molecule has 0 unspecified atom stereocenters. The van der Waals surface area contributed by atoms with Gasteiger partial charge in [-0.2, -0.15) is 0 Å². The van der Waals surface area contributed by atoms with Crippen molar-refractivity contribution in [2.45, 2.75) is 39.9 Å². The molecule has 0 N–H and O–H groups in total. The van der Waals surface area contributed by atoms with Crippen LogP contribution in [0.25, 0.3) is 0 Å².